The maximum Gasteiger partial charge on any atom is 0.433 e. The van der Waals surface area contributed by atoms with Crippen molar-refractivity contribution in [2.75, 3.05) is 18.2 Å². The lowest BCUT2D eigenvalue weighted by Gasteiger charge is -2.16. The van der Waals surface area contributed by atoms with Crippen LogP contribution in [0.15, 0.2) is 82.7 Å². The Bertz CT molecular complexity index is 1820. The maximum atomic E-state index is 13.4. The predicted octanol–water partition coefficient (Wildman–Crippen LogP) is 4.30. The van der Waals surface area contributed by atoms with Gasteiger partial charge in [0.2, 0.25) is 5.91 Å². The van der Waals surface area contributed by atoms with Crippen molar-refractivity contribution >= 4 is 35.4 Å². The fourth-order valence-corrected chi connectivity index (χ4v) is 4.33. The van der Waals surface area contributed by atoms with E-state index in [1.807, 2.05) is 44.2 Å². The van der Waals surface area contributed by atoms with Gasteiger partial charge in [0.25, 0.3) is 11.2 Å². The summed E-state index contributed by atoms with van der Waals surface area (Å²) < 4.78 is 11.5. The van der Waals surface area contributed by atoms with Crippen LogP contribution in [0, 0.1) is 10.1 Å². The minimum absolute atomic E-state index is 0.0259. The van der Waals surface area contributed by atoms with Crippen molar-refractivity contribution in [1.29, 1.82) is 0 Å². The van der Waals surface area contributed by atoms with Gasteiger partial charge in [0, 0.05) is 41.7 Å². The average molecular weight is 628 g/mol. The van der Waals surface area contributed by atoms with Crippen LogP contribution < -0.4 is 26.7 Å². The van der Waals surface area contributed by atoms with E-state index in [1.54, 1.807) is 18.2 Å². The number of non-ortho nitro benzene ring substituents is 1. The van der Waals surface area contributed by atoms with Crippen LogP contribution in [0.3, 0.4) is 0 Å². The minimum atomic E-state index is -0.763. The Hall–Kier alpha value is -6.05. The monoisotopic (exact) mass is 627 g/mol. The summed E-state index contributed by atoms with van der Waals surface area (Å²) in [7, 11) is 1.37. The number of nitrogen functional groups attached to an aromatic ring is 1. The number of nitro groups is 1. The van der Waals surface area contributed by atoms with E-state index in [0.717, 1.165) is 5.56 Å². The molecule has 238 valence electrons. The van der Waals surface area contributed by atoms with Crippen LogP contribution in [0.2, 0.25) is 0 Å². The number of carbonyl (C=O) groups excluding carboxylic acids is 2. The maximum absolute atomic E-state index is 13.4. The van der Waals surface area contributed by atoms with E-state index in [0.29, 0.717) is 16.8 Å². The summed E-state index contributed by atoms with van der Waals surface area (Å²) in [4.78, 5) is 57.5. The molecule has 4 N–H and O–H groups in total. The van der Waals surface area contributed by atoms with Gasteiger partial charge in [-0.3, -0.25) is 24.3 Å². The first-order chi connectivity index (χ1) is 22.0. The van der Waals surface area contributed by atoms with Gasteiger partial charge in [-0.25, -0.2) is 9.78 Å². The highest BCUT2D eigenvalue weighted by Crippen LogP contribution is 2.29. The zero-order chi connectivity index (χ0) is 33.2. The standard InChI is InChI=1S/C32H33N7O7/c1-20(2)37-30-31(41)38(28(17-35-30)24-12-25(39(43)44)14-26(13-24)45-3)18-29(40)34-15-22-9-10-23(27(33)11-22)16-36-32(42)46-19-21-7-5-4-6-8-21/h4-14,16-17,20H,15,18-19,33H2,1-3H3,(H,34,40)(H,35,37)/b36-16-. The van der Waals surface area contributed by atoms with Crippen molar-refractivity contribution in [3.05, 3.63) is 110 Å². The molecule has 46 heavy (non-hydrogen) atoms. The second-order valence-corrected chi connectivity index (χ2v) is 10.4. The van der Waals surface area contributed by atoms with E-state index >= 15 is 0 Å². The Labute approximate surface area is 264 Å². The Morgan fingerprint density at radius 2 is 1.87 bits per heavy atom. The van der Waals surface area contributed by atoms with E-state index in [9.17, 15) is 24.5 Å². The molecule has 0 aliphatic carbocycles. The molecule has 0 atom stereocenters. The summed E-state index contributed by atoms with van der Waals surface area (Å²) in [6.45, 7) is 3.43. The van der Waals surface area contributed by atoms with Gasteiger partial charge < -0.3 is 25.8 Å². The van der Waals surface area contributed by atoms with Crippen LogP contribution in [0.5, 0.6) is 5.75 Å². The molecule has 0 aliphatic rings. The molecule has 4 rings (SSSR count). The van der Waals surface area contributed by atoms with Gasteiger partial charge in [-0.2, -0.15) is 4.99 Å². The molecule has 0 radical (unpaired) electrons. The van der Waals surface area contributed by atoms with Crippen LogP contribution in [-0.2, 0) is 29.2 Å². The summed E-state index contributed by atoms with van der Waals surface area (Å²) in [6, 6.07) is 18.1. The van der Waals surface area contributed by atoms with E-state index in [2.05, 4.69) is 20.6 Å². The molecule has 4 aromatic rings. The van der Waals surface area contributed by atoms with Crippen molar-refractivity contribution in [2.45, 2.75) is 39.6 Å². The van der Waals surface area contributed by atoms with Crippen molar-refractivity contribution < 1.29 is 24.0 Å². The third-order valence-corrected chi connectivity index (χ3v) is 6.57. The van der Waals surface area contributed by atoms with E-state index in [-0.39, 0.29) is 47.7 Å². The van der Waals surface area contributed by atoms with Gasteiger partial charge >= 0.3 is 6.09 Å². The summed E-state index contributed by atoms with van der Waals surface area (Å²) in [5.41, 5.74) is 8.06. The first kappa shape index (κ1) is 32.9. The highest BCUT2D eigenvalue weighted by atomic mass is 16.6. The number of hydrogen-bond donors (Lipinski definition) is 3. The molecule has 14 heteroatoms. The molecule has 0 aliphatic heterocycles. The van der Waals surface area contributed by atoms with Crippen molar-refractivity contribution in [3.8, 4) is 17.0 Å². The van der Waals surface area contributed by atoms with Crippen LogP contribution in [-0.4, -0.2) is 45.8 Å². The quantitative estimate of drug-likeness (QED) is 0.0882. The number of methoxy groups -OCH3 is 1. The number of nitro benzene ring substituents is 1. The number of nitrogens with one attached hydrogen (secondary N) is 2. The van der Waals surface area contributed by atoms with Gasteiger partial charge in [0.15, 0.2) is 5.82 Å². The smallest absolute Gasteiger partial charge is 0.433 e. The van der Waals surface area contributed by atoms with E-state index < -0.39 is 29.0 Å². The lowest BCUT2D eigenvalue weighted by molar-refractivity contribution is -0.384. The normalized spacial score (nSPS) is 11.0. The molecule has 0 bridgehead atoms. The van der Waals surface area contributed by atoms with Gasteiger partial charge in [-0.1, -0.05) is 42.5 Å². The summed E-state index contributed by atoms with van der Waals surface area (Å²) in [6.07, 6.45) is 1.91. The summed E-state index contributed by atoms with van der Waals surface area (Å²) in [5, 5.41) is 17.2. The zero-order valence-electron chi connectivity index (χ0n) is 25.4. The van der Waals surface area contributed by atoms with Crippen molar-refractivity contribution in [1.82, 2.24) is 14.9 Å². The Morgan fingerprint density at radius 3 is 2.54 bits per heavy atom. The molecule has 0 saturated heterocycles. The Morgan fingerprint density at radius 1 is 1.11 bits per heavy atom. The molecule has 0 fully saturated rings. The number of ether oxygens (including phenoxy) is 2. The highest BCUT2D eigenvalue weighted by molar-refractivity contribution is 5.93. The number of benzene rings is 3. The fraction of sp³-hybridized carbons (Fsp3) is 0.219. The second kappa shape index (κ2) is 15.1. The molecular weight excluding hydrogens is 594 g/mol. The topological polar surface area (TPSA) is 193 Å². The van der Waals surface area contributed by atoms with Crippen LogP contribution in [0.4, 0.5) is 22.0 Å². The third-order valence-electron chi connectivity index (χ3n) is 6.57. The molecule has 0 spiro atoms. The lowest BCUT2D eigenvalue weighted by Crippen LogP contribution is -2.35. The number of aromatic nitrogens is 2. The molecule has 0 saturated carbocycles. The summed E-state index contributed by atoms with van der Waals surface area (Å²) >= 11 is 0. The number of nitrogens with two attached hydrogens (primary N) is 1. The largest absolute Gasteiger partial charge is 0.496 e. The van der Waals surface area contributed by atoms with Gasteiger partial charge in [-0.05, 0) is 37.1 Å². The van der Waals surface area contributed by atoms with Crippen molar-refractivity contribution in [2.24, 2.45) is 4.99 Å². The predicted molar refractivity (Wildman–Crippen MR) is 173 cm³/mol. The summed E-state index contributed by atoms with van der Waals surface area (Å²) in [5.74, 6) is -0.280. The van der Waals surface area contributed by atoms with Crippen LogP contribution in [0.25, 0.3) is 11.3 Å². The molecule has 1 aromatic heterocycles. The Kier molecular flexibility index (Phi) is 10.8. The van der Waals surface area contributed by atoms with Crippen LogP contribution in [0.1, 0.15) is 30.5 Å². The molecular formula is C32H33N7O7. The lowest BCUT2D eigenvalue weighted by atomic mass is 10.1. The SMILES string of the molecule is COc1cc(-c2cnc(NC(C)C)c(=O)n2CC(=O)NCc2ccc(/C=N\C(=O)OCc3ccccc3)c(N)c2)cc([N+](=O)[O-])c1. The third kappa shape index (κ3) is 8.75. The van der Waals surface area contributed by atoms with E-state index in [1.165, 1.54) is 42.3 Å². The minimum Gasteiger partial charge on any atom is -0.496 e. The van der Waals surface area contributed by atoms with E-state index in [4.69, 9.17) is 15.2 Å². The highest BCUT2D eigenvalue weighted by Gasteiger charge is 2.19. The number of aliphatic imine (C=N–C) groups is 1. The average Bonchev–Trinajstić information content (AvgIpc) is 3.04. The first-order valence-electron chi connectivity index (χ1n) is 14.1. The molecule has 14 nitrogen and oxygen atoms in total. The molecule has 0 unspecified atom stereocenters. The van der Waals surface area contributed by atoms with Crippen molar-refractivity contribution in [3.63, 3.8) is 0 Å². The Balaban J connectivity index is 1.47. The van der Waals surface area contributed by atoms with Gasteiger partial charge in [0.1, 0.15) is 18.9 Å². The van der Waals surface area contributed by atoms with Crippen LogP contribution >= 0.6 is 0 Å². The number of hydrogen-bond acceptors (Lipinski definition) is 10. The zero-order valence-corrected chi connectivity index (χ0v) is 25.4. The van der Waals surface area contributed by atoms with Gasteiger partial charge in [-0.15, -0.1) is 0 Å². The number of rotatable bonds is 12. The molecule has 2 amide bonds. The molecule has 1 heterocycles. The fourth-order valence-electron chi connectivity index (χ4n) is 4.33. The van der Waals surface area contributed by atoms with Gasteiger partial charge in [0.05, 0.1) is 30.0 Å². The number of anilines is 2. The first-order valence-corrected chi connectivity index (χ1v) is 14.1. The second-order valence-electron chi connectivity index (χ2n) is 10.4. The molecule has 3 aromatic carbocycles. The number of amides is 2. The number of nitrogens with zero attached hydrogens (tertiary/aromatic N) is 4. The number of carbonyl (C=O) groups is 2.